The highest BCUT2D eigenvalue weighted by molar-refractivity contribution is 5.20. The smallest absolute Gasteiger partial charge is 0.0879 e. The van der Waals surface area contributed by atoms with Crippen LogP contribution in [0.5, 0.6) is 0 Å². The monoisotopic (exact) mass is 248 g/mol. The van der Waals surface area contributed by atoms with Gasteiger partial charge in [0.15, 0.2) is 0 Å². The van der Waals surface area contributed by atoms with E-state index in [0.717, 1.165) is 17.0 Å². The molecule has 2 aromatic rings. The van der Waals surface area contributed by atoms with Crippen LogP contribution in [-0.4, -0.2) is 24.7 Å². The summed E-state index contributed by atoms with van der Waals surface area (Å²) in [5.74, 6) is 0. The Bertz CT molecular complexity index is 527. The van der Waals surface area contributed by atoms with E-state index < -0.39 is 6.10 Å². The quantitative estimate of drug-likeness (QED) is 0.897. The van der Waals surface area contributed by atoms with Crippen LogP contribution in [0.2, 0.25) is 0 Å². The van der Waals surface area contributed by atoms with E-state index in [2.05, 4.69) is 24.0 Å². The minimum absolute atomic E-state index is 0.344. The van der Waals surface area contributed by atoms with Gasteiger partial charge in [-0.1, -0.05) is 0 Å². The Kier molecular flexibility index (Phi) is 3.52. The van der Waals surface area contributed by atoms with Gasteiger partial charge in [-0.3, -0.25) is 9.36 Å². The van der Waals surface area contributed by atoms with Crippen molar-refractivity contribution in [3.8, 4) is 0 Å². The molecule has 98 valence electrons. The molecule has 0 amide bonds. The molecule has 0 aliphatic rings. The van der Waals surface area contributed by atoms with Crippen molar-refractivity contribution in [1.29, 1.82) is 0 Å². The number of hydrogen-bond acceptors (Lipinski definition) is 3. The number of rotatable bonds is 4. The number of aliphatic hydroxyl groups is 1. The second-order valence-electron chi connectivity index (χ2n) is 4.94. The molecule has 0 fully saturated rings. The average Bonchev–Trinajstić information content (AvgIpc) is 2.85. The molecule has 0 bridgehead atoms. The van der Waals surface area contributed by atoms with Gasteiger partial charge in [0.05, 0.1) is 17.5 Å². The molecular weight excluding hydrogens is 228 g/mol. The van der Waals surface area contributed by atoms with Crippen LogP contribution in [0.4, 0.5) is 0 Å². The van der Waals surface area contributed by atoms with E-state index in [0.29, 0.717) is 12.5 Å². The Labute approximate surface area is 107 Å². The molecule has 2 rings (SSSR count). The van der Waals surface area contributed by atoms with Crippen molar-refractivity contribution < 1.29 is 5.11 Å². The first kappa shape index (κ1) is 12.8. The van der Waals surface area contributed by atoms with Crippen LogP contribution >= 0.6 is 0 Å². The molecule has 2 aromatic heterocycles. The zero-order chi connectivity index (χ0) is 13.3. The van der Waals surface area contributed by atoms with Crippen molar-refractivity contribution in [2.24, 2.45) is 7.05 Å². The molecule has 0 aliphatic carbocycles. The summed E-state index contributed by atoms with van der Waals surface area (Å²) in [6.45, 7) is 6.07. The lowest BCUT2D eigenvalue weighted by Crippen LogP contribution is -2.05. The summed E-state index contributed by atoms with van der Waals surface area (Å²) in [7, 11) is 1.86. The number of hydrogen-bond donors (Lipinski definition) is 1. The summed E-state index contributed by atoms with van der Waals surface area (Å²) in [5, 5.41) is 18.9. The lowest BCUT2D eigenvalue weighted by atomic mass is 10.1. The van der Waals surface area contributed by atoms with Gasteiger partial charge >= 0.3 is 0 Å². The Morgan fingerprint density at radius 1 is 1.33 bits per heavy atom. The van der Waals surface area contributed by atoms with Crippen molar-refractivity contribution in [2.45, 2.75) is 39.3 Å². The van der Waals surface area contributed by atoms with Gasteiger partial charge in [0.25, 0.3) is 0 Å². The predicted molar refractivity (Wildman–Crippen MR) is 69.2 cm³/mol. The standard InChI is InChI=1S/C13H20N4O/c1-9(2)17-6-5-11(15-17)7-13(18)12-8-16(4)14-10(12)3/h5-6,8-9,13,18H,7H2,1-4H3. The fraction of sp³-hybridized carbons (Fsp3) is 0.538. The van der Waals surface area contributed by atoms with Crippen LogP contribution in [0, 0.1) is 6.92 Å². The van der Waals surface area contributed by atoms with Gasteiger partial charge in [-0.15, -0.1) is 0 Å². The van der Waals surface area contributed by atoms with Crippen LogP contribution in [0.15, 0.2) is 18.5 Å². The summed E-state index contributed by atoms with van der Waals surface area (Å²) in [6.07, 6.45) is 3.78. The third kappa shape index (κ3) is 2.61. The molecule has 1 N–H and O–H groups in total. The van der Waals surface area contributed by atoms with Crippen LogP contribution in [0.3, 0.4) is 0 Å². The van der Waals surface area contributed by atoms with E-state index in [-0.39, 0.29) is 0 Å². The Hall–Kier alpha value is -1.62. The first-order valence-electron chi connectivity index (χ1n) is 6.19. The van der Waals surface area contributed by atoms with Gasteiger partial charge in [-0.2, -0.15) is 10.2 Å². The van der Waals surface area contributed by atoms with Crippen molar-refractivity contribution in [2.75, 3.05) is 0 Å². The van der Waals surface area contributed by atoms with Crippen molar-refractivity contribution in [3.63, 3.8) is 0 Å². The van der Waals surface area contributed by atoms with E-state index in [1.165, 1.54) is 0 Å². The maximum atomic E-state index is 10.2. The van der Waals surface area contributed by atoms with Gasteiger partial charge < -0.3 is 5.11 Å². The summed E-state index contributed by atoms with van der Waals surface area (Å²) in [5.41, 5.74) is 2.64. The fourth-order valence-corrected chi connectivity index (χ4v) is 2.03. The lowest BCUT2D eigenvalue weighted by Gasteiger charge is -2.08. The van der Waals surface area contributed by atoms with Gasteiger partial charge in [0, 0.05) is 37.5 Å². The van der Waals surface area contributed by atoms with Crippen molar-refractivity contribution in [3.05, 3.63) is 35.4 Å². The lowest BCUT2D eigenvalue weighted by molar-refractivity contribution is 0.176. The molecule has 1 unspecified atom stereocenters. The molecule has 0 radical (unpaired) electrons. The molecule has 18 heavy (non-hydrogen) atoms. The van der Waals surface area contributed by atoms with Gasteiger partial charge in [0.2, 0.25) is 0 Å². The maximum absolute atomic E-state index is 10.2. The topological polar surface area (TPSA) is 55.9 Å². The maximum Gasteiger partial charge on any atom is 0.0879 e. The highest BCUT2D eigenvalue weighted by atomic mass is 16.3. The second kappa shape index (κ2) is 4.94. The average molecular weight is 248 g/mol. The highest BCUT2D eigenvalue weighted by Gasteiger charge is 2.15. The minimum atomic E-state index is -0.547. The van der Waals surface area contributed by atoms with Gasteiger partial charge in [-0.25, -0.2) is 0 Å². The van der Waals surface area contributed by atoms with E-state index in [4.69, 9.17) is 0 Å². The number of nitrogens with zero attached hydrogens (tertiary/aromatic N) is 4. The van der Waals surface area contributed by atoms with E-state index >= 15 is 0 Å². The molecule has 5 nitrogen and oxygen atoms in total. The summed E-state index contributed by atoms with van der Waals surface area (Å²) in [6, 6.07) is 2.30. The number of aliphatic hydroxyl groups excluding tert-OH is 1. The molecule has 0 saturated heterocycles. The summed E-state index contributed by atoms with van der Waals surface area (Å²) >= 11 is 0. The van der Waals surface area contributed by atoms with Crippen molar-refractivity contribution >= 4 is 0 Å². The van der Waals surface area contributed by atoms with E-state index in [1.54, 1.807) is 4.68 Å². The van der Waals surface area contributed by atoms with E-state index in [1.807, 2.05) is 37.1 Å². The highest BCUT2D eigenvalue weighted by Crippen LogP contribution is 2.20. The molecule has 0 saturated carbocycles. The first-order valence-corrected chi connectivity index (χ1v) is 6.19. The number of aryl methyl sites for hydroxylation is 2. The largest absolute Gasteiger partial charge is 0.388 e. The molecule has 2 heterocycles. The summed E-state index contributed by atoms with van der Waals surface area (Å²) in [4.78, 5) is 0. The Balaban J connectivity index is 2.11. The third-order valence-corrected chi connectivity index (χ3v) is 3.01. The fourth-order valence-electron chi connectivity index (χ4n) is 2.03. The van der Waals surface area contributed by atoms with E-state index in [9.17, 15) is 5.11 Å². The number of aromatic nitrogens is 4. The predicted octanol–water partition coefficient (Wildman–Crippen LogP) is 1.78. The Morgan fingerprint density at radius 2 is 2.06 bits per heavy atom. The first-order chi connectivity index (χ1) is 8.47. The molecular formula is C13H20N4O. The minimum Gasteiger partial charge on any atom is -0.388 e. The molecule has 5 heteroatoms. The molecule has 0 spiro atoms. The van der Waals surface area contributed by atoms with Crippen LogP contribution in [-0.2, 0) is 13.5 Å². The normalized spacial score (nSPS) is 13.2. The SMILES string of the molecule is Cc1nn(C)cc1C(O)Cc1ccn(C(C)C)n1. The van der Waals surface area contributed by atoms with Crippen LogP contribution < -0.4 is 0 Å². The van der Waals surface area contributed by atoms with Gasteiger partial charge in [-0.05, 0) is 26.8 Å². The molecule has 1 atom stereocenters. The van der Waals surface area contributed by atoms with Crippen molar-refractivity contribution in [1.82, 2.24) is 19.6 Å². The Morgan fingerprint density at radius 3 is 2.56 bits per heavy atom. The molecule has 0 aliphatic heterocycles. The zero-order valence-electron chi connectivity index (χ0n) is 11.3. The second-order valence-corrected chi connectivity index (χ2v) is 4.94. The molecule has 0 aromatic carbocycles. The third-order valence-electron chi connectivity index (χ3n) is 3.01. The van der Waals surface area contributed by atoms with Crippen LogP contribution in [0.25, 0.3) is 0 Å². The zero-order valence-corrected chi connectivity index (χ0v) is 11.3. The van der Waals surface area contributed by atoms with Crippen LogP contribution in [0.1, 0.15) is 42.9 Å². The van der Waals surface area contributed by atoms with Gasteiger partial charge in [0.1, 0.15) is 0 Å². The summed E-state index contributed by atoms with van der Waals surface area (Å²) < 4.78 is 3.62.